The van der Waals surface area contributed by atoms with Gasteiger partial charge in [-0.1, -0.05) is 88.4 Å². The summed E-state index contributed by atoms with van der Waals surface area (Å²) >= 11 is 0. The van der Waals surface area contributed by atoms with Gasteiger partial charge in [-0.05, 0) is 0 Å². The summed E-state index contributed by atoms with van der Waals surface area (Å²) in [6.45, 7) is 9.36. The molecule has 0 aromatic heterocycles. The Morgan fingerprint density at radius 1 is 0.741 bits per heavy atom. The molecule has 0 aliphatic rings. The van der Waals surface area contributed by atoms with Gasteiger partial charge in [0.25, 0.3) is 0 Å². The second kappa shape index (κ2) is 31.0. The standard InChI is InChI=1S/2C7H6O.C3H6O2.2C2H6.CH4O/c2*8-6-7-4-2-1-3-5-7;1-3(4)5-2;3*1-2/h2*1-6H;1-2H3;2*1-2H3;2H,1H3. The lowest BCUT2D eigenvalue weighted by atomic mass is 10.2. The Labute approximate surface area is 164 Å². The zero-order valence-electron chi connectivity index (χ0n) is 17.5. The van der Waals surface area contributed by atoms with Crippen molar-refractivity contribution in [2.24, 2.45) is 0 Å². The predicted octanol–water partition coefficient (Wildman–Crippen LogP) is 4.84. The summed E-state index contributed by atoms with van der Waals surface area (Å²) in [7, 11) is 2.35. The molecule has 0 saturated carbocycles. The van der Waals surface area contributed by atoms with Crippen LogP contribution in [0.2, 0.25) is 0 Å². The van der Waals surface area contributed by atoms with Crippen LogP contribution >= 0.6 is 0 Å². The van der Waals surface area contributed by atoms with E-state index in [1.54, 1.807) is 24.3 Å². The van der Waals surface area contributed by atoms with E-state index in [0.29, 0.717) is 0 Å². The van der Waals surface area contributed by atoms with Gasteiger partial charge < -0.3 is 9.84 Å². The van der Waals surface area contributed by atoms with Gasteiger partial charge in [0.2, 0.25) is 0 Å². The molecule has 0 spiro atoms. The minimum Gasteiger partial charge on any atom is -0.469 e. The second-order valence-electron chi connectivity index (χ2n) is 3.75. The molecule has 5 nitrogen and oxygen atoms in total. The molecule has 152 valence electrons. The molecular weight excluding hydrogens is 344 g/mol. The number of ether oxygens (including phenoxy) is 1. The normalized spacial score (nSPS) is 6.96. The zero-order chi connectivity index (χ0) is 21.9. The van der Waals surface area contributed by atoms with Gasteiger partial charge in [-0.2, -0.15) is 0 Å². The number of hydrogen-bond donors (Lipinski definition) is 1. The molecular formula is C22H34O5. The number of aliphatic hydroxyl groups is 1. The van der Waals surface area contributed by atoms with Crippen LogP contribution in [0.1, 0.15) is 55.3 Å². The molecule has 0 saturated heterocycles. The molecule has 2 aromatic rings. The van der Waals surface area contributed by atoms with E-state index in [9.17, 15) is 14.4 Å². The number of carbonyl (C=O) groups is 3. The molecule has 2 aromatic carbocycles. The number of esters is 1. The molecule has 2 rings (SSSR count). The van der Waals surface area contributed by atoms with Gasteiger partial charge in [-0.3, -0.25) is 14.4 Å². The van der Waals surface area contributed by atoms with E-state index < -0.39 is 0 Å². The molecule has 0 aliphatic heterocycles. The van der Waals surface area contributed by atoms with E-state index in [4.69, 9.17) is 5.11 Å². The van der Waals surface area contributed by atoms with Crippen molar-refractivity contribution in [2.45, 2.75) is 34.6 Å². The van der Waals surface area contributed by atoms with Gasteiger partial charge in [-0.25, -0.2) is 0 Å². The zero-order valence-corrected chi connectivity index (χ0v) is 17.5. The Morgan fingerprint density at radius 3 is 1.07 bits per heavy atom. The summed E-state index contributed by atoms with van der Waals surface area (Å²) in [6, 6.07) is 18.2. The van der Waals surface area contributed by atoms with Crippen LogP contribution < -0.4 is 0 Å². The van der Waals surface area contributed by atoms with Crippen LogP contribution in [0.5, 0.6) is 0 Å². The summed E-state index contributed by atoms with van der Waals surface area (Å²) in [5.41, 5.74) is 1.46. The van der Waals surface area contributed by atoms with Crippen LogP contribution in [-0.4, -0.2) is 37.9 Å². The van der Waals surface area contributed by atoms with Crippen molar-refractivity contribution < 1.29 is 24.2 Å². The lowest BCUT2D eigenvalue weighted by Crippen LogP contribution is -1.88. The lowest BCUT2D eigenvalue weighted by Gasteiger charge is -1.81. The van der Waals surface area contributed by atoms with E-state index >= 15 is 0 Å². The first-order valence-corrected chi connectivity index (χ1v) is 8.63. The minimum absolute atomic E-state index is 0.245. The van der Waals surface area contributed by atoms with Crippen molar-refractivity contribution in [1.29, 1.82) is 0 Å². The summed E-state index contributed by atoms with van der Waals surface area (Å²) in [4.78, 5) is 29.6. The number of aliphatic hydroxyl groups excluding tert-OH is 1. The summed E-state index contributed by atoms with van der Waals surface area (Å²) < 4.78 is 4.11. The second-order valence-corrected chi connectivity index (χ2v) is 3.75. The molecule has 0 radical (unpaired) electrons. The average molecular weight is 379 g/mol. The third kappa shape index (κ3) is 28.3. The SMILES string of the molecule is CC.CC.CO.COC(C)=O.O=Cc1ccccc1.O=Cc1ccccc1. The van der Waals surface area contributed by atoms with Crippen LogP contribution in [0.15, 0.2) is 60.7 Å². The highest BCUT2D eigenvalue weighted by Gasteiger charge is 1.80. The van der Waals surface area contributed by atoms with Crippen LogP contribution in [0.25, 0.3) is 0 Å². The fourth-order valence-electron chi connectivity index (χ4n) is 1.06. The van der Waals surface area contributed by atoms with Crippen molar-refractivity contribution >= 4 is 18.5 Å². The first kappa shape index (κ1) is 31.9. The van der Waals surface area contributed by atoms with Crippen LogP contribution in [-0.2, 0) is 9.53 Å². The fraction of sp³-hybridized carbons (Fsp3) is 0.318. The van der Waals surface area contributed by atoms with Gasteiger partial charge in [0, 0.05) is 25.2 Å². The molecule has 0 bridgehead atoms. The van der Waals surface area contributed by atoms with Gasteiger partial charge in [-0.15, -0.1) is 0 Å². The number of aldehydes is 2. The number of rotatable bonds is 2. The Hall–Kier alpha value is -2.79. The smallest absolute Gasteiger partial charge is 0.302 e. The van der Waals surface area contributed by atoms with Crippen LogP contribution in [0, 0.1) is 0 Å². The summed E-state index contributed by atoms with van der Waals surface area (Å²) in [5.74, 6) is -0.245. The molecule has 0 atom stereocenters. The first-order valence-electron chi connectivity index (χ1n) is 8.63. The maximum absolute atomic E-state index is 10.0. The van der Waals surface area contributed by atoms with E-state index in [2.05, 4.69) is 4.74 Å². The van der Waals surface area contributed by atoms with Gasteiger partial charge in [0.05, 0.1) is 7.11 Å². The molecule has 0 amide bonds. The summed E-state index contributed by atoms with van der Waals surface area (Å²) in [5, 5.41) is 7.00. The molecule has 0 aliphatic carbocycles. The molecule has 1 N–H and O–H groups in total. The monoisotopic (exact) mass is 378 g/mol. The highest BCUT2D eigenvalue weighted by Crippen LogP contribution is 1.92. The number of methoxy groups -OCH3 is 1. The molecule has 0 unspecified atom stereocenters. The average Bonchev–Trinajstić information content (AvgIpc) is 2.79. The minimum atomic E-state index is -0.245. The highest BCUT2D eigenvalue weighted by molar-refractivity contribution is 5.74. The number of benzene rings is 2. The predicted molar refractivity (Wildman–Crippen MR) is 112 cm³/mol. The Morgan fingerprint density at radius 2 is 0.963 bits per heavy atom. The van der Waals surface area contributed by atoms with Gasteiger partial charge in [0.15, 0.2) is 0 Å². The van der Waals surface area contributed by atoms with E-state index in [1.807, 2.05) is 64.1 Å². The molecule has 5 heteroatoms. The molecule has 27 heavy (non-hydrogen) atoms. The van der Waals surface area contributed by atoms with Gasteiger partial charge >= 0.3 is 5.97 Å². The number of hydrogen-bond acceptors (Lipinski definition) is 5. The maximum Gasteiger partial charge on any atom is 0.302 e. The molecule has 0 heterocycles. The summed E-state index contributed by atoms with van der Waals surface area (Å²) in [6.07, 6.45) is 1.67. The fourth-order valence-corrected chi connectivity index (χ4v) is 1.06. The van der Waals surface area contributed by atoms with Crippen molar-refractivity contribution in [3.8, 4) is 0 Å². The Bertz CT molecular complexity index is 481. The van der Waals surface area contributed by atoms with E-state index in [0.717, 1.165) is 30.8 Å². The quantitative estimate of drug-likeness (QED) is 0.597. The van der Waals surface area contributed by atoms with Crippen molar-refractivity contribution in [3.63, 3.8) is 0 Å². The lowest BCUT2D eigenvalue weighted by molar-refractivity contribution is -0.137. The van der Waals surface area contributed by atoms with Crippen molar-refractivity contribution in [3.05, 3.63) is 71.8 Å². The largest absolute Gasteiger partial charge is 0.469 e. The van der Waals surface area contributed by atoms with Gasteiger partial charge in [0.1, 0.15) is 12.6 Å². The van der Waals surface area contributed by atoms with Crippen molar-refractivity contribution in [2.75, 3.05) is 14.2 Å². The van der Waals surface area contributed by atoms with Crippen LogP contribution in [0.4, 0.5) is 0 Å². The third-order valence-corrected chi connectivity index (χ3v) is 2.16. The molecule has 0 fully saturated rings. The van der Waals surface area contributed by atoms with Crippen LogP contribution in [0.3, 0.4) is 0 Å². The maximum atomic E-state index is 10.0. The van der Waals surface area contributed by atoms with Crippen molar-refractivity contribution in [1.82, 2.24) is 0 Å². The number of carbonyl (C=O) groups excluding carboxylic acids is 3. The third-order valence-electron chi connectivity index (χ3n) is 2.16. The topological polar surface area (TPSA) is 80.7 Å². The van der Waals surface area contributed by atoms with E-state index in [1.165, 1.54) is 14.0 Å². The highest BCUT2D eigenvalue weighted by atomic mass is 16.5. The Balaban J connectivity index is -0.000000132. The Kier molecular flexibility index (Phi) is 36.7. The first-order chi connectivity index (χ1) is 13.1. The van der Waals surface area contributed by atoms with E-state index in [-0.39, 0.29) is 5.97 Å².